The molecule has 0 fully saturated rings. The van der Waals surface area contributed by atoms with Gasteiger partial charge in [0.2, 0.25) is 21.8 Å². The number of anilines is 1. The number of hydrogen-bond donors (Lipinski definition) is 1. The number of nitrogens with one attached hydrogen (secondary N) is 1. The summed E-state index contributed by atoms with van der Waals surface area (Å²) < 4.78 is 26.8. The zero-order chi connectivity index (χ0) is 26.2. The van der Waals surface area contributed by atoms with Gasteiger partial charge in [-0.2, -0.15) is 0 Å². The SMILES string of the molecule is CC(C)CNC(=O)C(C)N(CCc1ccccc1)C(=O)CN(c1ccccc1C(C)C)S(C)(=O)=O. The second-order valence-corrected chi connectivity index (χ2v) is 11.5. The average molecular weight is 502 g/mol. The minimum Gasteiger partial charge on any atom is -0.354 e. The minimum absolute atomic E-state index is 0.0699. The van der Waals surface area contributed by atoms with Crippen LogP contribution in [0, 0.1) is 5.92 Å². The fourth-order valence-corrected chi connectivity index (χ4v) is 4.69. The Morgan fingerprint density at radius 3 is 2.09 bits per heavy atom. The Kier molecular flexibility index (Phi) is 10.3. The third-order valence-electron chi connectivity index (χ3n) is 5.84. The van der Waals surface area contributed by atoms with Gasteiger partial charge in [0.1, 0.15) is 12.6 Å². The first kappa shape index (κ1) is 28.4. The molecule has 192 valence electrons. The highest BCUT2D eigenvalue weighted by molar-refractivity contribution is 7.92. The van der Waals surface area contributed by atoms with Crippen molar-refractivity contribution in [1.29, 1.82) is 0 Å². The van der Waals surface area contributed by atoms with E-state index in [9.17, 15) is 18.0 Å². The predicted molar refractivity (Wildman–Crippen MR) is 142 cm³/mol. The molecule has 0 bridgehead atoms. The Morgan fingerprint density at radius 2 is 1.51 bits per heavy atom. The van der Waals surface area contributed by atoms with Crippen LogP contribution >= 0.6 is 0 Å². The van der Waals surface area contributed by atoms with Crippen LogP contribution in [0.25, 0.3) is 0 Å². The van der Waals surface area contributed by atoms with Gasteiger partial charge in [0, 0.05) is 13.1 Å². The fraction of sp³-hybridized carbons (Fsp3) is 0.481. The topological polar surface area (TPSA) is 86.8 Å². The zero-order valence-electron chi connectivity index (χ0n) is 21.7. The Bertz CT molecular complexity index is 1080. The van der Waals surface area contributed by atoms with E-state index in [1.165, 1.54) is 4.90 Å². The number of rotatable bonds is 12. The van der Waals surface area contributed by atoms with Gasteiger partial charge >= 0.3 is 0 Å². The standard InChI is InChI=1S/C27H39N3O4S/c1-20(2)18-28-27(32)22(5)29(17-16-23-12-8-7-9-13-23)26(31)19-30(35(6,33)34)25-15-11-10-14-24(25)21(3)4/h7-15,20-22H,16-19H2,1-6H3,(H,28,32). The van der Waals surface area contributed by atoms with Crippen molar-refractivity contribution >= 4 is 27.5 Å². The van der Waals surface area contributed by atoms with E-state index in [0.717, 1.165) is 21.7 Å². The monoisotopic (exact) mass is 501 g/mol. The molecule has 2 amide bonds. The summed E-state index contributed by atoms with van der Waals surface area (Å²) in [5.41, 5.74) is 2.35. The minimum atomic E-state index is -3.75. The second kappa shape index (κ2) is 12.7. The van der Waals surface area contributed by atoms with E-state index in [4.69, 9.17) is 0 Å². The molecule has 1 N–H and O–H groups in total. The second-order valence-electron chi connectivity index (χ2n) is 9.62. The normalized spacial score (nSPS) is 12.5. The van der Waals surface area contributed by atoms with Gasteiger partial charge in [-0.15, -0.1) is 0 Å². The fourth-order valence-electron chi connectivity index (χ4n) is 3.82. The summed E-state index contributed by atoms with van der Waals surface area (Å²) in [4.78, 5) is 27.9. The van der Waals surface area contributed by atoms with Crippen molar-refractivity contribution in [2.45, 2.75) is 53.0 Å². The van der Waals surface area contributed by atoms with Gasteiger partial charge in [0.05, 0.1) is 11.9 Å². The van der Waals surface area contributed by atoms with Gasteiger partial charge in [-0.1, -0.05) is 76.2 Å². The van der Waals surface area contributed by atoms with Gasteiger partial charge < -0.3 is 10.2 Å². The number of carbonyl (C=O) groups is 2. The summed E-state index contributed by atoms with van der Waals surface area (Å²) in [6.07, 6.45) is 1.65. The molecule has 0 aliphatic heterocycles. The first-order valence-corrected chi connectivity index (χ1v) is 13.9. The summed E-state index contributed by atoms with van der Waals surface area (Å²) in [6, 6.07) is 16.2. The van der Waals surface area contributed by atoms with Crippen molar-refractivity contribution in [1.82, 2.24) is 10.2 Å². The molecule has 2 aromatic rings. The van der Waals surface area contributed by atoms with Crippen molar-refractivity contribution in [2.24, 2.45) is 5.92 Å². The lowest BCUT2D eigenvalue weighted by Gasteiger charge is -2.32. The molecule has 2 aromatic carbocycles. The molecule has 0 radical (unpaired) electrons. The van der Waals surface area contributed by atoms with Crippen LogP contribution < -0.4 is 9.62 Å². The molecule has 0 aliphatic carbocycles. The summed E-state index contributed by atoms with van der Waals surface area (Å²) in [5, 5.41) is 2.89. The van der Waals surface area contributed by atoms with E-state index >= 15 is 0 Å². The highest BCUT2D eigenvalue weighted by Crippen LogP contribution is 2.29. The molecule has 0 aromatic heterocycles. The van der Waals surface area contributed by atoms with E-state index in [0.29, 0.717) is 25.2 Å². The predicted octanol–water partition coefficient (Wildman–Crippen LogP) is 3.81. The third kappa shape index (κ3) is 8.38. The third-order valence-corrected chi connectivity index (χ3v) is 6.97. The molecule has 7 nitrogen and oxygen atoms in total. The van der Waals surface area contributed by atoms with Crippen LogP contribution in [0.3, 0.4) is 0 Å². The largest absolute Gasteiger partial charge is 0.354 e. The molecule has 0 saturated carbocycles. The first-order chi connectivity index (χ1) is 16.4. The lowest BCUT2D eigenvalue weighted by Crippen LogP contribution is -2.52. The molecule has 0 heterocycles. The lowest BCUT2D eigenvalue weighted by atomic mass is 10.0. The average Bonchev–Trinajstić information content (AvgIpc) is 2.80. The van der Waals surface area contributed by atoms with Crippen molar-refractivity contribution in [3.63, 3.8) is 0 Å². The zero-order valence-corrected chi connectivity index (χ0v) is 22.5. The molecule has 35 heavy (non-hydrogen) atoms. The van der Waals surface area contributed by atoms with E-state index in [1.54, 1.807) is 19.1 Å². The van der Waals surface area contributed by atoms with Crippen molar-refractivity contribution in [3.8, 4) is 0 Å². The molecule has 1 atom stereocenters. The van der Waals surface area contributed by atoms with Crippen LogP contribution in [0.2, 0.25) is 0 Å². The van der Waals surface area contributed by atoms with E-state index < -0.39 is 22.0 Å². The maximum absolute atomic E-state index is 13.6. The van der Waals surface area contributed by atoms with Crippen LogP contribution in [0.15, 0.2) is 54.6 Å². The van der Waals surface area contributed by atoms with Crippen molar-refractivity contribution in [3.05, 3.63) is 65.7 Å². The Balaban J connectivity index is 2.36. The molecule has 0 saturated heterocycles. The number of benzene rings is 2. The van der Waals surface area contributed by atoms with E-state index in [1.807, 2.05) is 70.2 Å². The Morgan fingerprint density at radius 1 is 0.914 bits per heavy atom. The van der Waals surface area contributed by atoms with Crippen LogP contribution in [0.4, 0.5) is 5.69 Å². The molecular weight excluding hydrogens is 462 g/mol. The number of sulfonamides is 1. The lowest BCUT2D eigenvalue weighted by molar-refractivity contribution is -0.138. The molecule has 2 rings (SSSR count). The number of hydrogen-bond acceptors (Lipinski definition) is 4. The smallest absolute Gasteiger partial charge is 0.244 e. The quantitative estimate of drug-likeness (QED) is 0.479. The van der Waals surface area contributed by atoms with Gasteiger partial charge in [-0.25, -0.2) is 8.42 Å². The maximum atomic E-state index is 13.6. The first-order valence-electron chi connectivity index (χ1n) is 12.1. The summed E-state index contributed by atoms with van der Waals surface area (Å²) in [7, 11) is -3.75. The molecule has 0 spiro atoms. The molecule has 1 unspecified atom stereocenters. The number of amides is 2. The van der Waals surface area contributed by atoms with Crippen molar-refractivity contribution < 1.29 is 18.0 Å². The van der Waals surface area contributed by atoms with Crippen LogP contribution in [-0.4, -0.2) is 57.1 Å². The molecule has 8 heteroatoms. The maximum Gasteiger partial charge on any atom is 0.244 e. The van der Waals surface area contributed by atoms with Gasteiger partial charge in [-0.3, -0.25) is 13.9 Å². The molecule has 0 aliphatic rings. The highest BCUT2D eigenvalue weighted by atomic mass is 32.2. The number of carbonyl (C=O) groups excluding carboxylic acids is 2. The highest BCUT2D eigenvalue weighted by Gasteiger charge is 2.30. The summed E-state index contributed by atoms with van der Waals surface area (Å²) >= 11 is 0. The number of para-hydroxylation sites is 1. The van der Waals surface area contributed by atoms with Crippen LogP contribution in [-0.2, 0) is 26.0 Å². The Labute approximate surface area is 210 Å². The van der Waals surface area contributed by atoms with Crippen LogP contribution in [0.1, 0.15) is 51.7 Å². The van der Waals surface area contributed by atoms with Crippen molar-refractivity contribution in [2.75, 3.05) is 30.2 Å². The number of nitrogens with zero attached hydrogens (tertiary/aromatic N) is 2. The van der Waals surface area contributed by atoms with E-state index in [-0.39, 0.29) is 24.3 Å². The molecular formula is C27H39N3O4S. The summed E-state index contributed by atoms with van der Waals surface area (Å²) in [5.74, 6) is -0.334. The van der Waals surface area contributed by atoms with Crippen LogP contribution in [0.5, 0.6) is 0 Å². The van der Waals surface area contributed by atoms with Gasteiger partial charge in [-0.05, 0) is 42.4 Å². The summed E-state index contributed by atoms with van der Waals surface area (Å²) in [6.45, 7) is 10.1. The van der Waals surface area contributed by atoms with Gasteiger partial charge in [0.15, 0.2) is 0 Å². The Hall–Kier alpha value is -2.87. The van der Waals surface area contributed by atoms with Gasteiger partial charge in [0.25, 0.3) is 0 Å². The van der Waals surface area contributed by atoms with E-state index in [2.05, 4.69) is 5.32 Å².